The molecule has 0 aliphatic carbocycles. The molecule has 0 radical (unpaired) electrons. The molecule has 4 aliphatic rings. The maximum absolute atomic E-state index is 14.3. The first-order chi connectivity index (χ1) is 19.5. The van der Waals surface area contributed by atoms with Gasteiger partial charge in [-0.2, -0.15) is 0 Å². The zero-order valence-corrected chi connectivity index (χ0v) is 23.6. The van der Waals surface area contributed by atoms with Gasteiger partial charge in [-0.05, 0) is 24.8 Å². The van der Waals surface area contributed by atoms with Gasteiger partial charge < -0.3 is 24.5 Å². The lowest BCUT2D eigenvalue weighted by Crippen LogP contribution is -2.55. The standard InChI is InChI=1S/C32H43N3O5/c1-2-3-9-18-33-20-13-17-32-27(30(38)35(28(32)31(33)39)21-10-4-5-11-22-36)26-25(40-32)16-12-19-34(29(26)37)23-24-14-7-6-8-15-24/h6-8,12-17,25-28,36H,2-5,9-11,18-23H2,1H3/t25-,26+,27-,28?,32-/m0/s1. The minimum Gasteiger partial charge on any atom is -0.396 e. The van der Waals surface area contributed by atoms with E-state index in [1.807, 2.05) is 59.5 Å². The Morgan fingerprint density at radius 1 is 0.875 bits per heavy atom. The molecule has 8 heteroatoms. The molecule has 1 aromatic rings. The highest BCUT2D eigenvalue weighted by atomic mass is 16.5. The molecule has 1 N–H and O–H groups in total. The van der Waals surface area contributed by atoms with Gasteiger partial charge in [0, 0.05) is 39.3 Å². The van der Waals surface area contributed by atoms with Crippen LogP contribution in [0.5, 0.6) is 0 Å². The second kappa shape index (κ2) is 12.7. The summed E-state index contributed by atoms with van der Waals surface area (Å²) in [5.74, 6) is -1.76. The maximum atomic E-state index is 14.3. The van der Waals surface area contributed by atoms with Crippen molar-refractivity contribution >= 4 is 17.7 Å². The van der Waals surface area contributed by atoms with Crippen molar-refractivity contribution in [2.24, 2.45) is 11.8 Å². The molecule has 0 bridgehead atoms. The molecule has 0 saturated carbocycles. The fourth-order valence-corrected chi connectivity index (χ4v) is 6.92. The quantitative estimate of drug-likeness (QED) is 0.319. The van der Waals surface area contributed by atoms with E-state index in [2.05, 4.69) is 6.92 Å². The SMILES string of the molecule is CCCCCN1CC=C[C@]23O[C@H]4C=CCN(Cc5ccccc5)C(=O)[C@H]4[C@H]2C(=O)N(CCCCCCO)C3C1=O. The molecule has 1 aromatic carbocycles. The molecule has 4 aliphatic heterocycles. The fraction of sp³-hybridized carbons (Fsp3) is 0.594. The van der Waals surface area contributed by atoms with E-state index in [4.69, 9.17) is 9.84 Å². The molecule has 1 spiro atoms. The number of likely N-dealkylation sites (tertiary alicyclic amines) is 1. The molecule has 2 fully saturated rings. The van der Waals surface area contributed by atoms with E-state index in [1.165, 1.54) is 0 Å². The van der Waals surface area contributed by atoms with Gasteiger partial charge in [-0.25, -0.2) is 0 Å². The molecule has 5 atom stereocenters. The number of hydrogen-bond donors (Lipinski definition) is 1. The highest BCUT2D eigenvalue weighted by Gasteiger charge is 2.71. The lowest BCUT2D eigenvalue weighted by atomic mass is 9.77. The summed E-state index contributed by atoms with van der Waals surface area (Å²) in [5, 5.41) is 9.16. The van der Waals surface area contributed by atoms with E-state index in [0.717, 1.165) is 50.5 Å². The van der Waals surface area contributed by atoms with Crippen molar-refractivity contribution in [3.05, 3.63) is 60.2 Å². The predicted octanol–water partition coefficient (Wildman–Crippen LogP) is 3.31. The first kappa shape index (κ1) is 28.6. The van der Waals surface area contributed by atoms with E-state index < -0.39 is 29.6 Å². The third-order valence-electron chi connectivity index (χ3n) is 8.88. The van der Waals surface area contributed by atoms with Crippen molar-refractivity contribution in [3.63, 3.8) is 0 Å². The van der Waals surface area contributed by atoms with Gasteiger partial charge >= 0.3 is 0 Å². The largest absolute Gasteiger partial charge is 0.396 e. The number of amides is 3. The highest BCUT2D eigenvalue weighted by Crippen LogP contribution is 2.53. The van der Waals surface area contributed by atoms with Crippen molar-refractivity contribution in [3.8, 4) is 0 Å². The first-order valence-corrected chi connectivity index (χ1v) is 15.1. The van der Waals surface area contributed by atoms with Gasteiger partial charge in [-0.3, -0.25) is 14.4 Å². The molecular weight excluding hydrogens is 506 g/mol. The number of ether oxygens (including phenoxy) is 1. The summed E-state index contributed by atoms with van der Waals surface area (Å²) >= 11 is 0. The molecular formula is C32H43N3O5. The number of benzene rings is 1. The molecule has 5 rings (SSSR count). The Hall–Kier alpha value is -2.97. The number of fused-ring (bicyclic) bond motifs is 2. The van der Waals surface area contributed by atoms with Crippen molar-refractivity contribution < 1.29 is 24.2 Å². The van der Waals surface area contributed by atoms with Crippen molar-refractivity contribution in [1.29, 1.82) is 0 Å². The van der Waals surface area contributed by atoms with Crippen LogP contribution in [0.4, 0.5) is 0 Å². The molecule has 40 heavy (non-hydrogen) atoms. The van der Waals surface area contributed by atoms with Crippen LogP contribution in [0.25, 0.3) is 0 Å². The predicted molar refractivity (Wildman–Crippen MR) is 152 cm³/mol. The minimum atomic E-state index is -1.16. The molecule has 216 valence electrons. The minimum absolute atomic E-state index is 0.0821. The summed E-state index contributed by atoms with van der Waals surface area (Å²) in [5.41, 5.74) is -0.132. The molecule has 8 nitrogen and oxygen atoms in total. The second-order valence-corrected chi connectivity index (χ2v) is 11.5. The van der Waals surface area contributed by atoms with Crippen LogP contribution in [-0.2, 0) is 25.7 Å². The summed E-state index contributed by atoms with van der Waals surface area (Å²) in [6, 6.07) is 9.10. The van der Waals surface area contributed by atoms with E-state index in [0.29, 0.717) is 32.7 Å². The van der Waals surface area contributed by atoms with E-state index in [9.17, 15) is 14.4 Å². The van der Waals surface area contributed by atoms with Crippen LogP contribution in [0, 0.1) is 11.8 Å². The zero-order valence-electron chi connectivity index (χ0n) is 23.6. The van der Waals surface area contributed by atoms with Crippen molar-refractivity contribution in [1.82, 2.24) is 14.7 Å². The molecule has 4 heterocycles. The average Bonchev–Trinajstić information content (AvgIpc) is 3.28. The van der Waals surface area contributed by atoms with Gasteiger partial charge in [0.2, 0.25) is 17.7 Å². The van der Waals surface area contributed by atoms with E-state index in [1.54, 1.807) is 9.80 Å². The topological polar surface area (TPSA) is 90.4 Å². The van der Waals surface area contributed by atoms with Crippen LogP contribution in [0.2, 0.25) is 0 Å². The number of rotatable bonds is 12. The van der Waals surface area contributed by atoms with Crippen LogP contribution in [-0.4, -0.2) is 88.1 Å². The molecule has 3 amide bonds. The Morgan fingerprint density at radius 2 is 1.62 bits per heavy atom. The summed E-state index contributed by atoms with van der Waals surface area (Å²) in [6.45, 7) is 4.76. The van der Waals surface area contributed by atoms with Crippen LogP contribution < -0.4 is 0 Å². The second-order valence-electron chi connectivity index (χ2n) is 11.5. The summed E-state index contributed by atoms with van der Waals surface area (Å²) in [7, 11) is 0. The number of carbonyl (C=O) groups excluding carboxylic acids is 3. The Morgan fingerprint density at radius 3 is 2.40 bits per heavy atom. The molecule has 1 unspecified atom stereocenters. The summed E-state index contributed by atoms with van der Waals surface area (Å²) in [4.78, 5) is 48.0. The van der Waals surface area contributed by atoms with Crippen molar-refractivity contribution in [2.45, 2.75) is 76.2 Å². The van der Waals surface area contributed by atoms with Gasteiger partial charge in [-0.15, -0.1) is 0 Å². The van der Waals surface area contributed by atoms with Gasteiger partial charge in [0.15, 0.2) is 0 Å². The van der Waals surface area contributed by atoms with Gasteiger partial charge in [0.1, 0.15) is 11.6 Å². The third kappa shape index (κ3) is 5.36. The Balaban J connectivity index is 1.45. The lowest BCUT2D eigenvalue weighted by molar-refractivity contribution is -0.148. The van der Waals surface area contributed by atoms with Gasteiger partial charge in [0.05, 0.1) is 17.9 Å². The number of nitrogens with zero attached hydrogens (tertiary/aromatic N) is 3. The number of unbranched alkanes of at least 4 members (excludes halogenated alkanes) is 5. The Labute approximate surface area is 237 Å². The van der Waals surface area contributed by atoms with Crippen LogP contribution in [0.3, 0.4) is 0 Å². The number of aliphatic hydroxyl groups is 1. The van der Waals surface area contributed by atoms with E-state index in [-0.39, 0.29) is 24.3 Å². The number of aliphatic hydroxyl groups excluding tert-OH is 1. The Bertz CT molecular complexity index is 1120. The molecule has 0 aromatic heterocycles. The van der Waals surface area contributed by atoms with E-state index >= 15 is 0 Å². The lowest BCUT2D eigenvalue weighted by Gasteiger charge is -2.35. The van der Waals surface area contributed by atoms with Crippen LogP contribution in [0.15, 0.2) is 54.6 Å². The fourth-order valence-electron chi connectivity index (χ4n) is 6.92. The Kier molecular flexibility index (Phi) is 9.06. The first-order valence-electron chi connectivity index (χ1n) is 15.1. The average molecular weight is 550 g/mol. The number of hydrogen-bond acceptors (Lipinski definition) is 5. The third-order valence-corrected chi connectivity index (χ3v) is 8.88. The smallest absolute Gasteiger partial charge is 0.249 e. The van der Waals surface area contributed by atoms with Gasteiger partial charge in [0.25, 0.3) is 0 Å². The normalized spacial score (nSPS) is 29.4. The van der Waals surface area contributed by atoms with Crippen LogP contribution >= 0.6 is 0 Å². The maximum Gasteiger partial charge on any atom is 0.249 e. The summed E-state index contributed by atoms with van der Waals surface area (Å²) in [6.07, 6.45) is 13.4. The monoisotopic (exact) mass is 549 g/mol. The molecule has 2 saturated heterocycles. The number of carbonyl (C=O) groups is 3. The summed E-state index contributed by atoms with van der Waals surface area (Å²) < 4.78 is 6.74. The van der Waals surface area contributed by atoms with Crippen molar-refractivity contribution in [2.75, 3.05) is 32.8 Å². The van der Waals surface area contributed by atoms with Gasteiger partial charge in [-0.1, -0.05) is 87.2 Å². The zero-order chi connectivity index (χ0) is 28.1. The highest BCUT2D eigenvalue weighted by molar-refractivity contribution is 5.99. The van der Waals surface area contributed by atoms with Crippen LogP contribution in [0.1, 0.15) is 57.4 Å².